The molecule has 23 heavy (non-hydrogen) atoms. The van der Waals surface area contributed by atoms with Crippen molar-refractivity contribution in [1.29, 1.82) is 0 Å². The van der Waals surface area contributed by atoms with Gasteiger partial charge in [-0.25, -0.2) is 9.50 Å². The summed E-state index contributed by atoms with van der Waals surface area (Å²) in [4.78, 5) is 16.0. The molecule has 0 aromatic carbocycles. The number of carbonyl (C=O) groups is 1. The first-order valence-corrected chi connectivity index (χ1v) is 8.78. The zero-order chi connectivity index (χ0) is 16.7. The van der Waals surface area contributed by atoms with Gasteiger partial charge < -0.3 is 0 Å². The van der Waals surface area contributed by atoms with E-state index in [0.29, 0.717) is 24.5 Å². The summed E-state index contributed by atoms with van der Waals surface area (Å²) in [6, 6.07) is 2.04. The highest BCUT2D eigenvalue weighted by Crippen LogP contribution is 2.30. The predicted octanol–water partition coefficient (Wildman–Crippen LogP) is 4.16. The molecule has 3 rings (SSSR count). The van der Waals surface area contributed by atoms with Crippen LogP contribution < -0.4 is 4.13 Å². The number of nitrogens with one attached hydrogen (secondary N) is 1. The summed E-state index contributed by atoms with van der Waals surface area (Å²) in [5.74, 6) is 0.832. The first-order chi connectivity index (χ1) is 11.2. The third-order valence-electron chi connectivity index (χ3n) is 3.87. The fourth-order valence-electron chi connectivity index (χ4n) is 2.65. The second-order valence-electron chi connectivity index (χ2n) is 5.19. The lowest BCUT2D eigenvalue weighted by Gasteiger charge is -2.20. The Hall–Kier alpha value is -1.19. The Morgan fingerprint density at radius 2 is 2.04 bits per heavy atom. The molecule has 126 valence electrons. The van der Waals surface area contributed by atoms with Gasteiger partial charge in [-0.05, 0) is 25.3 Å². The van der Waals surface area contributed by atoms with Gasteiger partial charge in [0, 0.05) is 36.2 Å². The maximum Gasteiger partial charge on any atom is 0.158 e. The highest BCUT2D eigenvalue weighted by atomic mass is 32.3. The summed E-state index contributed by atoms with van der Waals surface area (Å²) >= 11 is -0.521. The average molecular weight is 360 g/mol. The number of nitrogens with zero attached hydrogens (tertiary/aromatic N) is 3. The van der Waals surface area contributed by atoms with Gasteiger partial charge in [0.25, 0.3) is 0 Å². The molecule has 1 saturated carbocycles. The van der Waals surface area contributed by atoms with Gasteiger partial charge in [-0.2, -0.15) is 9.23 Å². The summed E-state index contributed by atoms with van der Waals surface area (Å²) in [6.07, 6.45) is 8.11. The number of halogens is 2. The van der Waals surface area contributed by atoms with Crippen LogP contribution in [0.25, 0.3) is 5.65 Å². The quantitative estimate of drug-likeness (QED) is 0.826. The number of rotatable bonds is 4. The number of hydrogen-bond donors (Lipinski definition) is 1. The summed E-state index contributed by atoms with van der Waals surface area (Å²) in [6.45, 7) is 2.12. The monoisotopic (exact) mass is 360 g/mol. The Morgan fingerprint density at radius 1 is 1.35 bits per heavy atom. The molecule has 0 amide bonds. The van der Waals surface area contributed by atoms with Gasteiger partial charge in [0.2, 0.25) is 0 Å². The van der Waals surface area contributed by atoms with Crippen molar-refractivity contribution in [2.24, 2.45) is 0 Å². The second kappa shape index (κ2) is 9.19. The SMILES string of the molecule is CCc1cnn2ccc(C3CCC(=O)CC3)nc12.FSNSF. The summed E-state index contributed by atoms with van der Waals surface area (Å²) < 4.78 is 24.5. The van der Waals surface area contributed by atoms with Crippen molar-refractivity contribution in [3.8, 4) is 0 Å². The lowest BCUT2D eigenvalue weighted by atomic mass is 9.86. The van der Waals surface area contributed by atoms with E-state index in [9.17, 15) is 12.6 Å². The molecular weight excluding hydrogens is 342 g/mol. The normalized spacial score (nSPS) is 15.5. The second-order valence-corrected chi connectivity index (χ2v) is 6.17. The van der Waals surface area contributed by atoms with Gasteiger partial charge in [0.15, 0.2) is 5.65 Å². The molecule has 1 aliphatic carbocycles. The molecule has 2 heterocycles. The first-order valence-electron chi connectivity index (χ1n) is 7.34. The Kier molecular flexibility index (Phi) is 7.25. The smallest absolute Gasteiger partial charge is 0.158 e. The summed E-state index contributed by atoms with van der Waals surface area (Å²) in [5.41, 5.74) is 3.26. The van der Waals surface area contributed by atoms with Gasteiger partial charge in [-0.3, -0.25) is 4.79 Å². The van der Waals surface area contributed by atoms with E-state index in [2.05, 4.69) is 12.0 Å². The number of carbonyl (C=O) groups excluding carboxylic acids is 1. The van der Waals surface area contributed by atoms with E-state index in [0.717, 1.165) is 30.6 Å². The maximum atomic E-state index is 11.3. The molecule has 1 N–H and O–H groups in total. The molecule has 9 heteroatoms. The van der Waals surface area contributed by atoms with Crippen molar-refractivity contribution in [1.82, 2.24) is 18.7 Å². The van der Waals surface area contributed by atoms with E-state index in [1.807, 2.05) is 23.0 Å². The zero-order valence-electron chi connectivity index (χ0n) is 12.7. The van der Waals surface area contributed by atoms with Crippen molar-refractivity contribution < 1.29 is 12.6 Å². The molecular formula is C14H18F2N4OS2. The molecule has 0 spiro atoms. The largest absolute Gasteiger partial charge is 0.300 e. The van der Waals surface area contributed by atoms with E-state index in [4.69, 9.17) is 4.98 Å². The molecule has 0 saturated heterocycles. The van der Waals surface area contributed by atoms with Crippen molar-refractivity contribution in [2.75, 3.05) is 0 Å². The standard InChI is InChI=1S/C14H17N3O.F2HNS2/c1-2-10-9-15-17-8-7-13(16-14(10)17)11-3-5-12(18)6-4-11;1-4-3-5-2/h7-9,11H,2-6H2,1H3;3H. The van der Waals surface area contributed by atoms with Crippen molar-refractivity contribution in [2.45, 2.75) is 44.9 Å². The van der Waals surface area contributed by atoms with Crippen molar-refractivity contribution in [3.05, 3.63) is 29.7 Å². The van der Waals surface area contributed by atoms with Crippen LogP contribution in [0, 0.1) is 0 Å². The van der Waals surface area contributed by atoms with Crippen LogP contribution in [0.1, 0.15) is 49.8 Å². The average Bonchev–Trinajstić information content (AvgIpc) is 2.99. The molecule has 1 aliphatic rings. The van der Waals surface area contributed by atoms with Crippen molar-refractivity contribution >= 4 is 36.1 Å². The zero-order valence-corrected chi connectivity index (χ0v) is 14.3. The molecule has 0 radical (unpaired) electrons. The molecule has 0 aliphatic heterocycles. The Morgan fingerprint density at radius 3 is 2.61 bits per heavy atom. The van der Waals surface area contributed by atoms with E-state index in [1.54, 1.807) is 4.13 Å². The van der Waals surface area contributed by atoms with Gasteiger partial charge in [0.05, 0.1) is 6.20 Å². The fourth-order valence-corrected chi connectivity index (χ4v) is 2.75. The number of hydrogen-bond acceptors (Lipinski definition) is 6. The summed E-state index contributed by atoms with van der Waals surface area (Å²) in [5, 5.41) is 4.29. The van der Waals surface area contributed by atoms with Gasteiger partial charge in [-0.15, -0.1) is 7.77 Å². The minimum atomic E-state index is -0.260. The molecule has 0 bridgehead atoms. The lowest BCUT2D eigenvalue weighted by molar-refractivity contribution is -0.120. The van der Waals surface area contributed by atoms with E-state index in [-0.39, 0.29) is 24.7 Å². The first kappa shape index (κ1) is 18.2. The maximum absolute atomic E-state index is 11.3. The third-order valence-corrected chi connectivity index (χ3v) is 4.37. The van der Waals surface area contributed by atoms with Gasteiger partial charge in [0.1, 0.15) is 30.5 Å². The van der Waals surface area contributed by atoms with E-state index >= 15 is 0 Å². The van der Waals surface area contributed by atoms with E-state index < -0.39 is 0 Å². The number of aryl methyl sites for hydroxylation is 1. The highest BCUT2D eigenvalue weighted by molar-refractivity contribution is 8.07. The van der Waals surface area contributed by atoms with Crippen LogP contribution in [0.4, 0.5) is 7.77 Å². The molecule has 1 fully saturated rings. The topological polar surface area (TPSA) is 59.3 Å². The Balaban J connectivity index is 0.000000338. The molecule has 2 aromatic rings. The highest BCUT2D eigenvalue weighted by Gasteiger charge is 2.21. The van der Waals surface area contributed by atoms with Crippen LogP contribution in [0.2, 0.25) is 0 Å². The summed E-state index contributed by atoms with van der Waals surface area (Å²) in [7, 11) is 0. The lowest BCUT2D eigenvalue weighted by Crippen LogP contribution is -2.13. The van der Waals surface area contributed by atoms with E-state index in [1.165, 1.54) is 5.56 Å². The third kappa shape index (κ3) is 4.89. The van der Waals surface area contributed by atoms with Crippen molar-refractivity contribution in [3.63, 3.8) is 0 Å². The number of ketones is 1. The predicted molar refractivity (Wildman–Crippen MR) is 89.1 cm³/mol. The number of Topliss-reactive ketones (excluding diaryl/α,β-unsaturated/α-hetero) is 1. The number of fused-ring (bicyclic) bond motifs is 1. The molecule has 0 atom stereocenters. The Bertz CT molecular complexity index is 641. The van der Waals surface area contributed by atoms with Gasteiger partial charge >= 0.3 is 0 Å². The van der Waals surface area contributed by atoms with Crippen LogP contribution >= 0.6 is 24.7 Å². The minimum Gasteiger partial charge on any atom is -0.300 e. The van der Waals surface area contributed by atoms with Crippen LogP contribution in [-0.2, 0) is 11.2 Å². The van der Waals surface area contributed by atoms with Crippen LogP contribution in [0.5, 0.6) is 0 Å². The fraction of sp³-hybridized carbons (Fsp3) is 0.500. The van der Waals surface area contributed by atoms with Crippen LogP contribution in [-0.4, -0.2) is 20.4 Å². The Labute approximate surface area is 142 Å². The molecule has 0 unspecified atom stereocenters. The molecule has 2 aromatic heterocycles. The minimum absolute atomic E-state index is 0.260. The van der Waals surface area contributed by atoms with Crippen LogP contribution in [0.3, 0.4) is 0 Å². The molecule has 5 nitrogen and oxygen atoms in total. The number of aromatic nitrogens is 3. The van der Waals surface area contributed by atoms with Gasteiger partial charge in [-0.1, -0.05) is 6.92 Å². The van der Waals surface area contributed by atoms with Crippen LogP contribution in [0.15, 0.2) is 18.5 Å².